The van der Waals surface area contributed by atoms with E-state index in [1.165, 1.54) is 11.1 Å². The van der Waals surface area contributed by atoms with Crippen LogP contribution in [0.3, 0.4) is 0 Å². The van der Waals surface area contributed by atoms with Gasteiger partial charge in [0, 0.05) is 10.1 Å². The van der Waals surface area contributed by atoms with Crippen molar-refractivity contribution in [1.29, 1.82) is 0 Å². The van der Waals surface area contributed by atoms with Gasteiger partial charge in [-0.05, 0) is 23.6 Å². The summed E-state index contributed by atoms with van der Waals surface area (Å²) in [6, 6.07) is 6.12. The first-order chi connectivity index (χ1) is 5.95. The van der Waals surface area contributed by atoms with E-state index in [-0.39, 0.29) is 0 Å². The maximum absolute atomic E-state index is 5.29. The highest BCUT2D eigenvalue weighted by Crippen LogP contribution is 2.28. The second-order valence-electron chi connectivity index (χ2n) is 2.60. The average Bonchev–Trinajstić information content (AvgIpc) is 2.71. The Balaban J connectivity index is 2.71. The summed E-state index contributed by atoms with van der Waals surface area (Å²) in [6.07, 6.45) is 1.49. The summed E-state index contributed by atoms with van der Waals surface area (Å²) in [5.41, 5.74) is 1.83. The molecular weight excluding hydrogens is 170 g/mol. The lowest BCUT2D eigenvalue weighted by Gasteiger charge is -1.87. The first-order valence-corrected chi connectivity index (χ1v) is 4.52. The molecule has 58 valence electrons. The Labute approximate surface area is 72.4 Å². The van der Waals surface area contributed by atoms with Crippen LogP contribution in [0, 0.1) is 0 Å². The monoisotopic (exact) mass is 175 g/mol. The number of rotatable bonds is 0. The maximum Gasteiger partial charge on any atom is 0.182 e. The standard InChI is InChI=1S/C9H5NOS/c1-2-8-6(3-4-12-8)9-7(1)10-5-11-9/h1-5H. The molecule has 0 fully saturated rings. The maximum atomic E-state index is 5.29. The molecule has 2 heterocycles. The summed E-state index contributed by atoms with van der Waals surface area (Å²) in [6.45, 7) is 0. The molecule has 3 aromatic rings. The highest BCUT2D eigenvalue weighted by molar-refractivity contribution is 7.17. The van der Waals surface area contributed by atoms with Crippen LogP contribution < -0.4 is 0 Å². The zero-order valence-corrected chi connectivity index (χ0v) is 6.97. The third kappa shape index (κ3) is 0.662. The number of aromatic nitrogens is 1. The molecule has 0 aliphatic heterocycles. The Morgan fingerprint density at radius 3 is 3.25 bits per heavy atom. The van der Waals surface area contributed by atoms with Crippen molar-refractivity contribution in [2.75, 3.05) is 0 Å². The first-order valence-electron chi connectivity index (χ1n) is 3.64. The third-order valence-corrected chi connectivity index (χ3v) is 2.81. The minimum Gasteiger partial charge on any atom is -0.443 e. The fraction of sp³-hybridized carbons (Fsp3) is 0. The highest BCUT2D eigenvalue weighted by Gasteiger charge is 2.03. The summed E-state index contributed by atoms with van der Waals surface area (Å²) in [4.78, 5) is 4.09. The topological polar surface area (TPSA) is 26.0 Å². The van der Waals surface area contributed by atoms with E-state index in [2.05, 4.69) is 22.5 Å². The molecule has 0 saturated carbocycles. The van der Waals surface area contributed by atoms with E-state index in [9.17, 15) is 0 Å². The molecule has 1 aromatic carbocycles. The molecule has 0 unspecified atom stereocenters. The Kier molecular flexibility index (Phi) is 1.07. The second kappa shape index (κ2) is 2.08. The molecular formula is C9H5NOS. The molecule has 0 radical (unpaired) electrons. The summed E-state index contributed by atoms with van der Waals surface area (Å²) >= 11 is 1.72. The number of fused-ring (bicyclic) bond motifs is 3. The van der Waals surface area contributed by atoms with Gasteiger partial charge in [0.1, 0.15) is 5.52 Å². The van der Waals surface area contributed by atoms with Crippen LogP contribution >= 0.6 is 11.3 Å². The van der Waals surface area contributed by atoms with E-state index in [0.29, 0.717) is 0 Å². The Morgan fingerprint density at radius 2 is 2.25 bits per heavy atom. The molecule has 0 aliphatic rings. The fourth-order valence-corrected chi connectivity index (χ4v) is 2.15. The van der Waals surface area contributed by atoms with E-state index in [1.54, 1.807) is 11.3 Å². The predicted octanol–water partition coefficient (Wildman–Crippen LogP) is 3.04. The molecule has 0 atom stereocenters. The molecule has 12 heavy (non-hydrogen) atoms. The van der Waals surface area contributed by atoms with Crippen LogP contribution in [0.1, 0.15) is 0 Å². The third-order valence-electron chi connectivity index (χ3n) is 1.93. The van der Waals surface area contributed by atoms with Gasteiger partial charge in [0.05, 0.1) is 0 Å². The number of hydrogen-bond donors (Lipinski definition) is 0. The largest absolute Gasteiger partial charge is 0.443 e. The average molecular weight is 175 g/mol. The Morgan fingerprint density at radius 1 is 1.25 bits per heavy atom. The van der Waals surface area contributed by atoms with Crippen molar-refractivity contribution in [2.24, 2.45) is 0 Å². The quantitative estimate of drug-likeness (QED) is 0.525. The van der Waals surface area contributed by atoms with Crippen LogP contribution in [0.5, 0.6) is 0 Å². The van der Waals surface area contributed by atoms with E-state index in [1.807, 2.05) is 6.07 Å². The van der Waals surface area contributed by atoms with E-state index in [4.69, 9.17) is 4.42 Å². The molecule has 2 aromatic heterocycles. The molecule has 0 spiro atoms. The van der Waals surface area contributed by atoms with Gasteiger partial charge in [0.25, 0.3) is 0 Å². The second-order valence-corrected chi connectivity index (χ2v) is 3.55. The van der Waals surface area contributed by atoms with Gasteiger partial charge in [-0.3, -0.25) is 0 Å². The van der Waals surface area contributed by atoms with E-state index in [0.717, 1.165) is 16.5 Å². The fourth-order valence-electron chi connectivity index (χ4n) is 1.37. The number of oxazole rings is 1. The van der Waals surface area contributed by atoms with Crippen LogP contribution in [0.4, 0.5) is 0 Å². The van der Waals surface area contributed by atoms with Crippen molar-refractivity contribution < 1.29 is 4.42 Å². The molecule has 0 N–H and O–H groups in total. The Bertz CT molecular complexity index is 488. The molecule has 0 saturated heterocycles. The van der Waals surface area contributed by atoms with Gasteiger partial charge in [-0.2, -0.15) is 0 Å². The zero-order chi connectivity index (χ0) is 7.97. The molecule has 0 bridgehead atoms. The van der Waals surface area contributed by atoms with Crippen molar-refractivity contribution in [3.8, 4) is 0 Å². The molecule has 0 aliphatic carbocycles. The van der Waals surface area contributed by atoms with Gasteiger partial charge >= 0.3 is 0 Å². The number of nitrogens with zero attached hydrogens (tertiary/aromatic N) is 1. The van der Waals surface area contributed by atoms with Crippen molar-refractivity contribution in [1.82, 2.24) is 4.98 Å². The SMILES string of the molecule is c1nc2ccc3sccc3c2o1. The molecule has 2 nitrogen and oxygen atoms in total. The van der Waals surface area contributed by atoms with Crippen molar-refractivity contribution in [2.45, 2.75) is 0 Å². The smallest absolute Gasteiger partial charge is 0.182 e. The van der Waals surface area contributed by atoms with Gasteiger partial charge in [-0.15, -0.1) is 11.3 Å². The summed E-state index contributed by atoms with van der Waals surface area (Å²) in [7, 11) is 0. The molecule has 0 amide bonds. The van der Waals surface area contributed by atoms with E-state index < -0.39 is 0 Å². The van der Waals surface area contributed by atoms with Gasteiger partial charge in [0.15, 0.2) is 12.0 Å². The lowest BCUT2D eigenvalue weighted by atomic mass is 10.2. The van der Waals surface area contributed by atoms with Crippen molar-refractivity contribution in [3.05, 3.63) is 30.0 Å². The minimum absolute atomic E-state index is 0.897. The number of hydrogen-bond acceptors (Lipinski definition) is 3. The zero-order valence-electron chi connectivity index (χ0n) is 6.15. The first kappa shape index (κ1) is 6.20. The van der Waals surface area contributed by atoms with Crippen molar-refractivity contribution in [3.63, 3.8) is 0 Å². The minimum atomic E-state index is 0.897. The summed E-state index contributed by atoms with van der Waals surface area (Å²) < 4.78 is 6.53. The van der Waals surface area contributed by atoms with Gasteiger partial charge in [0.2, 0.25) is 0 Å². The van der Waals surface area contributed by atoms with Gasteiger partial charge in [-0.1, -0.05) is 0 Å². The van der Waals surface area contributed by atoms with Crippen LogP contribution in [0.15, 0.2) is 34.4 Å². The lowest BCUT2D eigenvalue weighted by molar-refractivity contribution is 0.605. The molecule has 3 rings (SSSR count). The van der Waals surface area contributed by atoms with Crippen LogP contribution in [0.25, 0.3) is 21.2 Å². The Hall–Kier alpha value is -1.35. The lowest BCUT2D eigenvalue weighted by Crippen LogP contribution is -1.66. The number of thiophene rings is 1. The van der Waals surface area contributed by atoms with Crippen LogP contribution in [-0.4, -0.2) is 4.98 Å². The van der Waals surface area contributed by atoms with Crippen LogP contribution in [0.2, 0.25) is 0 Å². The number of benzene rings is 1. The van der Waals surface area contributed by atoms with Gasteiger partial charge < -0.3 is 4.42 Å². The predicted molar refractivity (Wildman–Crippen MR) is 49.4 cm³/mol. The van der Waals surface area contributed by atoms with E-state index >= 15 is 0 Å². The highest BCUT2D eigenvalue weighted by atomic mass is 32.1. The normalized spacial score (nSPS) is 11.3. The van der Waals surface area contributed by atoms with Gasteiger partial charge in [-0.25, -0.2) is 4.98 Å². The summed E-state index contributed by atoms with van der Waals surface area (Å²) in [5.74, 6) is 0. The van der Waals surface area contributed by atoms with Crippen molar-refractivity contribution >= 4 is 32.5 Å². The summed E-state index contributed by atoms with van der Waals surface area (Å²) in [5, 5.41) is 3.22. The molecule has 3 heteroatoms. The van der Waals surface area contributed by atoms with Crippen LogP contribution in [-0.2, 0) is 0 Å².